The van der Waals surface area contributed by atoms with Crippen molar-refractivity contribution in [3.63, 3.8) is 0 Å². The molecule has 1 aromatic rings. The molecule has 0 saturated heterocycles. The first-order valence-electron chi connectivity index (χ1n) is 7.35. The predicted molar refractivity (Wildman–Crippen MR) is 81.2 cm³/mol. The maximum atomic E-state index is 12.2. The summed E-state index contributed by atoms with van der Waals surface area (Å²) in [6, 6.07) is 8.00. The highest BCUT2D eigenvalue weighted by atomic mass is 16.5. The van der Waals surface area contributed by atoms with E-state index in [0.717, 1.165) is 24.2 Å². The van der Waals surface area contributed by atoms with E-state index in [1.165, 1.54) is 0 Å². The number of nitrogens with zero attached hydrogens (tertiary/aromatic N) is 1. The van der Waals surface area contributed by atoms with E-state index in [1.54, 1.807) is 0 Å². The summed E-state index contributed by atoms with van der Waals surface area (Å²) in [5.41, 5.74) is 7.96. The van der Waals surface area contributed by atoms with Crippen LogP contribution in [0.15, 0.2) is 24.3 Å². The molecule has 1 aromatic carbocycles. The van der Waals surface area contributed by atoms with Gasteiger partial charge in [0.2, 0.25) is 5.91 Å². The van der Waals surface area contributed by atoms with Crippen LogP contribution >= 0.6 is 0 Å². The minimum Gasteiger partial charge on any atom is -0.381 e. The van der Waals surface area contributed by atoms with Crippen molar-refractivity contribution in [2.45, 2.75) is 39.8 Å². The van der Waals surface area contributed by atoms with E-state index in [4.69, 9.17) is 10.5 Å². The summed E-state index contributed by atoms with van der Waals surface area (Å²) in [7, 11) is 0. The summed E-state index contributed by atoms with van der Waals surface area (Å²) in [4.78, 5) is 14.0. The van der Waals surface area contributed by atoms with Gasteiger partial charge >= 0.3 is 0 Å². The van der Waals surface area contributed by atoms with Gasteiger partial charge in [-0.15, -0.1) is 0 Å². The maximum Gasteiger partial charge on any atom is 0.225 e. The van der Waals surface area contributed by atoms with Crippen molar-refractivity contribution in [2.24, 2.45) is 5.73 Å². The van der Waals surface area contributed by atoms with Crippen LogP contribution in [-0.2, 0) is 22.6 Å². The molecule has 4 heteroatoms. The minimum atomic E-state index is 0.135. The first-order chi connectivity index (χ1) is 9.72. The third-order valence-corrected chi connectivity index (χ3v) is 3.24. The smallest absolute Gasteiger partial charge is 0.225 e. The quantitative estimate of drug-likeness (QED) is 0.705. The lowest BCUT2D eigenvalue weighted by Gasteiger charge is -2.22. The molecule has 0 unspecified atom stereocenters. The van der Waals surface area contributed by atoms with Gasteiger partial charge in [0.15, 0.2) is 0 Å². The van der Waals surface area contributed by atoms with E-state index in [9.17, 15) is 4.79 Å². The zero-order valence-corrected chi connectivity index (χ0v) is 12.6. The number of benzene rings is 1. The number of carbonyl (C=O) groups excluding carboxylic acids is 1. The standard InChI is InChI=1S/C16H26N2O2/c1-3-10-20-11-9-16(19)18(4-2)13-15-8-6-5-7-14(15)12-17/h5-8H,3-4,9-13,17H2,1-2H3. The lowest BCUT2D eigenvalue weighted by molar-refractivity contribution is -0.132. The Morgan fingerprint density at radius 1 is 1.20 bits per heavy atom. The van der Waals surface area contributed by atoms with Crippen molar-refractivity contribution in [3.8, 4) is 0 Å². The number of ether oxygens (including phenoxy) is 1. The van der Waals surface area contributed by atoms with Gasteiger partial charge in [-0.2, -0.15) is 0 Å². The van der Waals surface area contributed by atoms with Crippen LogP contribution in [0.4, 0.5) is 0 Å². The molecule has 20 heavy (non-hydrogen) atoms. The van der Waals surface area contributed by atoms with Crippen molar-refractivity contribution in [1.82, 2.24) is 4.90 Å². The van der Waals surface area contributed by atoms with Crippen molar-refractivity contribution >= 4 is 5.91 Å². The Morgan fingerprint density at radius 3 is 2.50 bits per heavy atom. The molecular formula is C16H26N2O2. The Bertz CT molecular complexity index is 407. The van der Waals surface area contributed by atoms with Crippen LogP contribution < -0.4 is 5.73 Å². The van der Waals surface area contributed by atoms with Crippen LogP contribution in [0.3, 0.4) is 0 Å². The Morgan fingerprint density at radius 2 is 1.90 bits per heavy atom. The second kappa shape index (κ2) is 9.50. The van der Waals surface area contributed by atoms with Gasteiger partial charge in [0.25, 0.3) is 0 Å². The van der Waals surface area contributed by atoms with E-state index in [1.807, 2.05) is 36.1 Å². The average Bonchev–Trinajstić information content (AvgIpc) is 2.49. The van der Waals surface area contributed by atoms with Gasteiger partial charge in [-0.3, -0.25) is 4.79 Å². The molecule has 2 N–H and O–H groups in total. The van der Waals surface area contributed by atoms with Crippen LogP contribution in [0.1, 0.15) is 37.8 Å². The van der Waals surface area contributed by atoms with Crippen molar-refractivity contribution in [1.29, 1.82) is 0 Å². The zero-order valence-electron chi connectivity index (χ0n) is 12.6. The Labute approximate surface area is 121 Å². The van der Waals surface area contributed by atoms with E-state index >= 15 is 0 Å². The van der Waals surface area contributed by atoms with Crippen molar-refractivity contribution in [2.75, 3.05) is 19.8 Å². The molecule has 112 valence electrons. The molecule has 0 atom stereocenters. The zero-order chi connectivity index (χ0) is 14.8. The van der Waals surface area contributed by atoms with Gasteiger partial charge in [-0.1, -0.05) is 31.2 Å². The molecule has 0 heterocycles. The lowest BCUT2D eigenvalue weighted by Crippen LogP contribution is -2.31. The van der Waals surface area contributed by atoms with Crippen molar-refractivity contribution in [3.05, 3.63) is 35.4 Å². The first kappa shape index (κ1) is 16.7. The SMILES string of the molecule is CCCOCCC(=O)N(CC)Cc1ccccc1CN. The van der Waals surface area contributed by atoms with Crippen LogP contribution in [0, 0.1) is 0 Å². The molecular weight excluding hydrogens is 252 g/mol. The molecule has 0 radical (unpaired) electrons. The monoisotopic (exact) mass is 278 g/mol. The van der Waals surface area contributed by atoms with Crippen LogP contribution in [0.2, 0.25) is 0 Å². The summed E-state index contributed by atoms with van der Waals surface area (Å²) in [6.07, 6.45) is 1.42. The Kier molecular flexibility index (Phi) is 7.92. The highest BCUT2D eigenvalue weighted by molar-refractivity contribution is 5.76. The maximum absolute atomic E-state index is 12.2. The van der Waals surface area contributed by atoms with Crippen LogP contribution in [0.5, 0.6) is 0 Å². The van der Waals surface area contributed by atoms with Gasteiger partial charge in [-0.05, 0) is 24.5 Å². The van der Waals surface area contributed by atoms with Gasteiger partial charge in [0.1, 0.15) is 0 Å². The van der Waals surface area contributed by atoms with Gasteiger partial charge in [0.05, 0.1) is 13.0 Å². The number of nitrogens with two attached hydrogens (primary N) is 1. The molecule has 0 spiro atoms. The molecule has 0 bridgehead atoms. The molecule has 0 aliphatic heterocycles. The Hall–Kier alpha value is -1.39. The van der Waals surface area contributed by atoms with E-state index < -0.39 is 0 Å². The van der Waals surface area contributed by atoms with Gasteiger partial charge in [-0.25, -0.2) is 0 Å². The third kappa shape index (κ3) is 5.31. The number of amides is 1. The average molecular weight is 278 g/mol. The van der Waals surface area contributed by atoms with Gasteiger partial charge in [0, 0.05) is 26.2 Å². The molecule has 0 aliphatic rings. The molecule has 0 saturated carbocycles. The highest BCUT2D eigenvalue weighted by Gasteiger charge is 2.13. The summed E-state index contributed by atoms with van der Waals surface area (Å²) < 4.78 is 5.38. The highest BCUT2D eigenvalue weighted by Crippen LogP contribution is 2.12. The fraction of sp³-hybridized carbons (Fsp3) is 0.562. The number of carbonyl (C=O) groups is 1. The summed E-state index contributed by atoms with van der Waals surface area (Å²) >= 11 is 0. The molecule has 0 aliphatic carbocycles. The molecule has 1 rings (SSSR count). The molecule has 4 nitrogen and oxygen atoms in total. The number of hydrogen-bond donors (Lipinski definition) is 1. The molecule has 0 aromatic heterocycles. The molecule has 0 fully saturated rings. The largest absolute Gasteiger partial charge is 0.381 e. The summed E-state index contributed by atoms with van der Waals surface area (Å²) in [5, 5.41) is 0. The number of hydrogen-bond acceptors (Lipinski definition) is 3. The summed E-state index contributed by atoms with van der Waals surface area (Å²) in [5.74, 6) is 0.135. The second-order valence-corrected chi connectivity index (χ2v) is 4.74. The lowest BCUT2D eigenvalue weighted by atomic mass is 10.1. The van der Waals surface area contributed by atoms with Crippen molar-refractivity contribution < 1.29 is 9.53 Å². The molecule has 1 amide bonds. The topological polar surface area (TPSA) is 55.6 Å². The fourth-order valence-corrected chi connectivity index (χ4v) is 2.06. The Balaban J connectivity index is 2.55. The number of rotatable bonds is 9. The van der Waals surface area contributed by atoms with E-state index in [0.29, 0.717) is 32.7 Å². The second-order valence-electron chi connectivity index (χ2n) is 4.74. The normalized spacial score (nSPS) is 10.6. The summed E-state index contributed by atoms with van der Waals surface area (Å²) in [6.45, 7) is 7.10. The fourth-order valence-electron chi connectivity index (χ4n) is 2.06. The van der Waals surface area contributed by atoms with Crippen LogP contribution in [0.25, 0.3) is 0 Å². The van der Waals surface area contributed by atoms with E-state index in [-0.39, 0.29) is 5.91 Å². The van der Waals surface area contributed by atoms with E-state index in [2.05, 4.69) is 6.92 Å². The van der Waals surface area contributed by atoms with Gasteiger partial charge < -0.3 is 15.4 Å². The predicted octanol–water partition coefficient (Wildman–Crippen LogP) is 2.31. The van der Waals surface area contributed by atoms with Crippen LogP contribution in [-0.4, -0.2) is 30.6 Å². The third-order valence-electron chi connectivity index (χ3n) is 3.24. The first-order valence-corrected chi connectivity index (χ1v) is 7.35. The minimum absolute atomic E-state index is 0.135.